The topological polar surface area (TPSA) is 26.3 Å². The van der Waals surface area contributed by atoms with Crippen LogP contribution in [0.1, 0.15) is 22.3 Å². The van der Waals surface area contributed by atoms with E-state index in [1.165, 1.54) is 22.3 Å². The maximum Gasteiger partial charge on any atom is 0.343 e. The van der Waals surface area contributed by atoms with E-state index in [1.54, 1.807) is 0 Å². The Morgan fingerprint density at radius 2 is 1.19 bits per heavy atom. The molecule has 0 N–H and O–H groups in total. The summed E-state index contributed by atoms with van der Waals surface area (Å²) in [6.45, 7) is 4.18. The average Bonchev–Trinajstić information content (AvgIpc) is 3.17. The fraction of sp³-hybridized carbons (Fsp3) is 0.229. The summed E-state index contributed by atoms with van der Waals surface area (Å²) < 4.78 is 5.71. The Kier molecular flexibility index (Phi) is 5.01. The molecule has 0 spiro atoms. The minimum atomic E-state index is -0.286. The molecule has 1 fully saturated rings. The summed E-state index contributed by atoms with van der Waals surface area (Å²) in [6.07, 6.45) is 26.0. The lowest BCUT2D eigenvalue weighted by molar-refractivity contribution is -0.132. The van der Waals surface area contributed by atoms with Crippen molar-refractivity contribution in [1.82, 2.24) is 0 Å². The molecule has 2 heteroatoms. The smallest absolute Gasteiger partial charge is 0.343 e. The Morgan fingerprint density at radius 1 is 0.703 bits per heavy atom. The van der Waals surface area contributed by atoms with Gasteiger partial charge in [0.2, 0.25) is 0 Å². The van der Waals surface area contributed by atoms with Gasteiger partial charge >= 0.3 is 5.97 Å². The highest BCUT2D eigenvalue weighted by Gasteiger charge is 2.44. The van der Waals surface area contributed by atoms with Gasteiger partial charge in [0.1, 0.15) is 5.76 Å². The van der Waals surface area contributed by atoms with E-state index >= 15 is 0 Å². The number of carbonyl (C=O) groups is 1. The Bertz CT molecular complexity index is 1400. The molecule has 5 aliphatic rings. The molecule has 1 heterocycles. The van der Waals surface area contributed by atoms with Crippen molar-refractivity contribution in [3.63, 3.8) is 0 Å². The third kappa shape index (κ3) is 3.58. The van der Waals surface area contributed by atoms with Gasteiger partial charge in [-0.2, -0.15) is 0 Å². The van der Waals surface area contributed by atoms with Crippen LogP contribution in [0.25, 0.3) is 0 Å². The van der Waals surface area contributed by atoms with Crippen molar-refractivity contribution in [3.8, 4) is 0 Å². The quantitative estimate of drug-likeness (QED) is 0.341. The first-order chi connectivity index (χ1) is 18.1. The molecule has 4 aliphatic carbocycles. The van der Waals surface area contributed by atoms with Crippen LogP contribution in [-0.4, -0.2) is 5.97 Å². The minimum absolute atomic E-state index is 0.215. The van der Waals surface area contributed by atoms with Crippen LogP contribution >= 0.6 is 0 Å². The van der Waals surface area contributed by atoms with E-state index in [2.05, 4.69) is 116 Å². The van der Waals surface area contributed by atoms with Crippen molar-refractivity contribution in [3.05, 3.63) is 155 Å². The van der Waals surface area contributed by atoms with Crippen LogP contribution < -0.4 is 0 Å². The average molecular weight is 483 g/mol. The first kappa shape index (κ1) is 22.3. The molecule has 2 nitrogen and oxygen atoms in total. The molecule has 0 saturated carbocycles. The Morgan fingerprint density at radius 3 is 1.73 bits per heavy atom. The van der Waals surface area contributed by atoms with E-state index in [4.69, 9.17) is 4.74 Å². The van der Waals surface area contributed by atoms with Gasteiger partial charge in [0.05, 0.1) is 5.57 Å². The normalized spacial score (nSPS) is 33.2. The Balaban J connectivity index is 1.35. The molecule has 0 aromatic heterocycles. The van der Waals surface area contributed by atoms with Crippen molar-refractivity contribution in [1.29, 1.82) is 0 Å². The number of rotatable bonds is 2. The number of fused-ring (bicyclic) bond motifs is 4. The summed E-state index contributed by atoms with van der Waals surface area (Å²) in [7, 11) is 0. The highest BCUT2D eigenvalue weighted by molar-refractivity contribution is 6.00. The maximum atomic E-state index is 13.3. The number of hydrogen-bond donors (Lipinski definition) is 0. The van der Waals surface area contributed by atoms with Gasteiger partial charge in [-0.05, 0) is 59.8 Å². The molecule has 4 unspecified atom stereocenters. The van der Waals surface area contributed by atoms with Crippen LogP contribution in [0.2, 0.25) is 0 Å². The molecular weight excluding hydrogens is 452 g/mol. The SMILES string of the molecule is C=C1OC(=O)C(=C/C23C=CC=CC2Cc2ccccc2C3)/C1=C\C12C=CC=CC1Cc1ccccc1C2. The predicted octanol–water partition coefficient (Wildman–Crippen LogP) is 6.96. The number of benzene rings is 2. The third-order valence-electron chi connectivity index (χ3n) is 9.07. The number of allylic oxidation sites excluding steroid dienone is 11. The highest BCUT2D eigenvalue weighted by Crippen LogP contribution is 2.50. The minimum Gasteiger partial charge on any atom is -0.423 e. The van der Waals surface area contributed by atoms with Crippen LogP contribution in [0.5, 0.6) is 0 Å². The van der Waals surface area contributed by atoms with Gasteiger partial charge in [-0.25, -0.2) is 4.79 Å². The fourth-order valence-electron chi connectivity index (χ4n) is 7.09. The first-order valence-corrected chi connectivity index (χ1v) is 13.3. The van der Waals surface area contributed by atoms with Crippen LogP contribution in [0.3, 0.4) is 0 Å². The molecule has 7 rings (SSSR count). The Labute approximate surface area is 218 Å². The molecule has 0 bridgehead atoms. The largest absolute Gasteiger partial charge is 0.423 e. The van der Waals surface area contributed by atoms with Crippen molar-refractivity contribution >= 4 is 5.97 Å². The number of hydrogen-bond acceptors (Lipinski definition) is 2. The van der Waals surface area contributed by atoms with Crippen LogP contribution in [-0.2, 0) is 35.2 Å². The highest BCUT2D eigenvalue weighted by atomic mass is 16.5. The maximum absolute atomic E-state index is 13.3. The summed E-state index contributed by atoms with van der Waals surface area (Å²) in [4.78, 5) is 13.3. The van der Waals surface area contributed by atoms with Crippen molar-refractivity contribution in [2.45, 2.75) is 25.7 Å². The number of cyclic esters (lactones) is 1. The summed E-state index contributed by atoms with van der Waals surface area (Å²) in [6, 6.07) is 17.4. The van der Waals surface area contributed by atoms with Gasteiger partial charge in [0.25, 0.3) is 0 Å². The lowest BCUT2D eigenvalue weighted by atomic mass is 9.61. The van der Waals surface area contributed by atoms with E-state index in [1.807, 2.05) is 0 Å². The van der Waals surface area contributed by atoms with E-state index in [0.717, 1.165) is 31.3 Å². The van der Waals surface area contributed by atoms with Crippen molar-refractivity contribution in [2.24, 2.45) is 22.7 Å². The van der Waals surface area contributed by atoms with Gasteiger partial charge in [-0.3, -0.25) is 0 Å². The molecule has 1 saturated heterocycles. The molecule has 2 aromatic rings. The van der Waals surface area contributed by atoms with Crippen molar-refractivity contribution in [2.75, 3.05) is 0 Å². The first-order valence-electron chi connectivity index (χ1n) is 13.3. The van der Waals surface area contributed by atoms with Gasteiger partial charge < -0.3 is 4.74 Å². The van der Waals surface area contributed by atoms with Crippen LogP contribution in [0.15, 0.2) is 133 Å². The zero-order valence-electron chi connectivity index (χ0n) is 20.9. The van der Waals surface area contributed by atoms with Crippen LogP contribution in [0.4, 0.5) is 0 Å². The van der Waals surface area contributed by atoms with Crippen LogP contribution in [0, 0.1) is 22.7 Å². The summed E-state index contributed by atoms with van der Waals surface area (Å²) in [5.41, 5.74) is 6.57. The molecule has 2 aromatic carbocycles. The number of ether oxygens (including phenoxy) is 1. The zero-order valence-corrected chi connectivity index (χ0v) is 20.9. The monoisotopic (exact) mass is 482 g/mol. The third-order valence-corrected chi connectivity index (χ3v) is 9.07. The molecule has 37 heavy (non-hydrogen) atoms. The molecule has 0 amide bonds. The number of carbonyl (C=O) groups excluding carboxylic acids is 1. The van der Waals surface area contributed by atoms with E-state index in [-0.39, 0.29) is 16.8 Å². The second-order valence-electron chi connectivity index (χ2n) is 11.2. The molecule has 0 radical (unpaired) electrons. The molecule has 4 atom stereocenters. The van der Waals surface area contributed by atoms with E-state index < -0.39 is 0 Å². The molecule has 1 aliphatic heterocycles. The fourth-order valence-corrected chi connectivity index (χ4v) is 7.09. The van der Waals surface area contributed by atoms with E-state index in [9.17, 15) is 4.79 Å². The Hall–Kier alpha value is -3.91. The second-order valence-corrected chi connectivity index (χ2v) is 11.2. The summed E-state index contributed by atoms with van der Waals surface area (Å²) >= 11 is 0. The van der Waals surface area contributed by atoms with Gasteiger partial charge in [-0.15, -0.1) is 0 Å². The van der Waals surface area contributed by atoms with Crippen molar-refractivity contribution < 1.29 is 9.53 Å². The predicted molar refractivity (Wildman–Crippen MR) is 148 cm³/mol. The van der Waals surface area contributed by atoms with E-state index in [0.29, 0.717) is 23.2 Å². The summed E-state index contributed by atoms with van der Waals surface area (Å²) in [5, 5.41) is 0. The van der Waals surface area contributed by atoms with Gasteiger partial charge in [-0.1, -0.05) is 116 Å². The standard InChI is InChI=1S/C35H30O2/c1-24-31(22-34-16-8-6-14-29(34)18-25-10-2-4-12-27(25)20-34)32(33(36)37-24)23-35-17-9-7-15-30(35)19-26-11-3-5-13-28(26)21-35/h2-17,22-23,29-30H,1,18-21H2/b31-22-,32-23+. The number of esters is 1. The van der Waals surface area contributed by atoms with Gasteiger partial charge in [0, 0.05) is 16.4 Å². The zero-order chi connectivity index (χ0) is 25.0. The lowest BCUT2D eigenvalue weighted by Crippen LogP contribution is -2.36. The van der Waals surface area contributed by atoms with Gasteiger partial charge in [0.15, 0.2) is 0 Å². The summed E-state index contributed by atoms with van der Waals surface area (Å²) in [5.74, 6) is 0.804. The second kappa shape index (κ2) is 8.31. The lowest BCUT2D eigenvalue weighted by Gasteiger charge is -2.42. The molecular formula is C35H30O2. The molecule has 182 valence electrons.